The molecule has 0 bridgehead atoms. The molecule has 0 fully saturated rings. The predicted molar refractivity (Wildman–Crippen MR) is 79.1 cm³/mol. The van der Waals surface area contributed by atoms with Gasteiger partial charge in [0.1, 0.15) is 0 Å². The molecule has 0 unspecified atom stereocenters. The van der Waals surface area contributed by atoms with Gasteiger partial charge in [0.05, 0.1) is 12.1 Å². The van der Waals surface area contributed by atoms with Crippen molar-refractivity contribution in [1.29, 1.82) is 0 Å². The number of hydrogen-bond donors (Lipinski definition) is 2. The topological polar surface area (TPSA) is 86.9 Å². The standard InChI is InChI=1S/C14H21N3O3/c1-5-17(8-12(18)16(3)4)10-6-9(2)13(15)11(7-10)14(19)20/h6-7H,5,8,15H2,1-4H3,(H,19,20). The number of carboxylic acids is 1. The third-order valence-electron chi connectivity index (χ3n) is 3.17. The lowest BCUT2D eigenvalue weighted by Crippen LogP contribution is -2.36. The van der Waals surface area contributed by atoms with Gasteiger partial charge in [-0.2, -0.15) is 0 Å². The summed E-state index contributed by atoms with van der Waals surface area (Å²) in [5.41, 5.74) is 7.47. The highest BCUT2D eigenvalue weighted by molar-refractivity contribution is 5.96. The second-order valence-electron chi connectivity index (χ2n) is 4.83. The van der Waals surface area contributed by atoms with Gasteiger partial charge in [-0.05, 0) is 31.5 Å². The molecule has 1 amide bonds. The summed E-state index contributed by atoms with van der Waals surface area (Å²) in [6.45, 7) is 4.47. The van der Waals surface area contributed by atoms with E-state index in [1.807, 2.05) is 11.8 Å². The number of nitrogen functional groups attached to an aromatic ring is 1. The molecule has 0 spiro atoms. The Bertz CT molecular complexity index is 527. The number of carboxylic acid groups (broad SMARTS) is 1. The Morgan fingerprint density at radius 3 is 2.35 bits per heavy atom. The molecule has 0 saturated heterocycles. The van der Waals surface area contributed by atoms with Crippen LogP contribution in [0.25, 0.3) is 0 Å². The maximum absolute atomic E-state index is 11.8. The summed E-state index contributed by atoms with van der Waals surface area (Å²) in [5.74, 6) is -1.11. The van der Waals surface area contributed by atoms with Gasteiger partial charge in [-0.15, -0.1) is 0 Å². The van der Waals surface area contributed by atoms with Crippen molar-refractivity contribution in [3.05, 3.63) is 23.3 Å². The van der Waals surface area contributed by atoms with E-state index >= 15 is 0 Å². The van der Waals surface area contributed by atoms with E-state index in [1.165, 1.54) is 11.0 Å². The second kappa shape index (κ2) is 6.27. The second-order valence-corrected chi connectivity index (χ2v) is 4.83. The number of amides is 1. The molecule has 20 heavy (non-hydrogen) atoms. The van der Waals surface area contributed by atoms with E-state index in [4.69, 9.17) is 10.8 Å². The van der Waals surface area contributed by atoms with Crippen LogP contribution < -0.4 is 10.6 Å². The lowest BCUT2D eigenvalue weighted by Gasteiger charge is -2.25. The molecule has 0 heterocycles. The van der Waals surface area contributed by atoms with E-state index in [2.05, 4.69) is 0 Å². The number of carbonyl (C=O) groups excluding carboxylic acids is 1. The molecule has 1 rings (SSSR count). The van der Waals surface area contributed by atoms with E-state index < -0.39 is 5.97 Å². The van der Waals surface area contributed by atoms with Gasteiger partial charge in [-0.3, -0.25) is 4.79 Å². The van der Waals surface area contributed by atoms with Crippen molar-refractivity contribution in [1.82, 2.24) is 4.90 Å². The van der Waals surface area contributed by atoms with E-state index in [-0.39, 0.29) is 23.7 Å². The zero-order valence-electron chi connectivity index (χ0n) is 12.3. The summed E-state index contributed by atoms with van der Waals surface area (Å²) in [4.78, 5) is 26.3. The number of aryl methyl sites for hydroxylation is 1. The summed E-state index contributed by atoms with van der Waals surface area (Å²) < 4.78 is 0. The minimum absolute atomic E-state index is 0.0433. The molecule has 0 aromatic heterocycles. The lowest BCUT2D eigenvalue weighted by atomic mass is 10.1. The maximum Gasteiger partial charge on any atom is 0.337 e. The fraction of sp³-hybridized carbons (Fsp3) is 0.429. The first-order valence-electron chi connectivity index (χ1n) is 6.36. The Balaban J connectivity index is 3.16. The number of benzene rings is 1. The van der Waals surface area contributed by atoms with Crippen LogP contribution in [-0.2, 0) is 4.79 Å². The van der Waals surface area contributed by atoms with Gasteiger partial charge in [0.25, 0.3) is 0 Å². The van der Waals surface area contributed by atoms with Gasteiger partial charge in [0.2, 0.25) is 5.91 Å². The number of rotatable bonds is 5. The highest BCUT2D eigenvalue weighted by atomic mass is 16.4. The molecule has 0 aliphatic carbocycles. The van der Waals surface area contributed by atoms with Crippen LogP contribution in [0.2, 0.25) is 0 Å². The first-order chi connectivity index (χ1) is 9.27. The average molecular weight is 279 g/mol. The molecule has 6 nitrogen and oxygen atoms in total. The lowest BCUT2D eigenvalue weighted by molar-refractivity contribution is -0.127. The van der Waals surface area contributed by atoms with Crippen LogP contribution in [0.3, 0.4) is 0 Å². The van der Waals surface area contributed by atoms with Crippen LogP contribution in [0, 0.1) is 6.92 Å². The molecule has 3 N–H and O–H groups in total. The number of nitrogens with zero attached hydrogens (tertiary/aromatic N) is 2. The Morgan fingerprint density at radius 1 is 1.30 bits per heavy atom. The first-order valence-corrected chi connectivity index (χ1v) is 6.36. The monoisotopic (exact) mass is 279 g/mol. The molecular weight excluding hydrogens is 258 g/mol. The molecule has 0 aliphatic heterocycles. The number of likely N-dealkylation sites (N-methyl/N-ethyl adjacent to an activating group) is 2. The normalized spacial score (nSPS) is 10.2. The first kappa shape index (κ1) is 15.8. The molecule has 0 aliphatic rings. The Hall–Kier alpha value is -2.24. The van der Waals surface area contributed by atoms with Crippen molar-refractivity contribution in [2.24, 2.45) is 0 Å². The van der Waals surface area contributed by atoms with Gasteiger partial charge in [-0.1, -0.05) is 0 Å². The molecular formula is C14H21N3O3. The summed E-state index contributed by atoms with van der Waals surface area (Å²) in [7, 11) is 3.38. The quantitative estimate of drug-likeness (QED) is 0.791. The third-order valence-corrected chi connectivity index (χ3v) is 3.17. The SMILES string of the molecule is CCN(CC(=O)N(C)C)c1cc(C)c(N)c(C(=O)O)c1. The predicted octanol–water partition coefficient (Wildman–Crippen LogP) is 1.19. The highest BCUT2D eigenvalue weighted by Gasteiger charge is 2.17. The van der Waals surface area contributed by atoms with Crippen molar-refractivity contribution in [3.8, 4) is 0 Å². The van der Waals surface area contributed by atoms with E-state index in [0.29, 0.717) is 17.8 Å². The Labute approximate surface area is 118 Å². The van der Waals surface area contributed by atoms with Crippen molar-refractivity contribution in [3.63, 3.8) is 0 Å². The summed E-state index contributed by atoms with van der Waals surface area (Å²) >= 11 is 0. The fourth-order valence-corrected chi connectivity index (χ4v) is 1.83. The van der Waals surface area contributed by atoms with Gasteiger partial charge in [0, 0.05) is 32.0 Å². The summed E-state index contributed by atoms with van der Waals surface area (Å²) in [6.07, 6.45) is 0. The summed E-state index contributed by atoms with van der Waals surface area (Å²) in [6, 6.07) is 3.31. The number of carbonyl (C=O) groups is 2. The zero-order valence-corrected chi connectivity index (χ0v) is 12.3. The largest absolute Gasteiger partial charge is 0.478 e. The molecule has 0 radical (unpaired) electrons. The van der Waals surface area contributed by atoms with Crippen LogP contribution in [-0.4, -0.2) is 49.1 Å². The number of nitrogens with two attached hydrogens (primary N) is 1. The van der Waals surface area contributed by atoms with Gasteiger partial charge in [-0.25, -0.2) is 4.79 Å². The molecule has 1 aromatic carbocycles. The fourth-order valence-electron chi connectivity index (χ4n) is 1.83. The van der Waals surface area contributed by atoms with Crippen LogP contribution in [0.15, 0.2) is 12.1 Å². The average Bonchev–Trinajstić information content (AvgIpc) is 2.38. The Morgan fingerprint density at radius 2 is 1.90 bits per heavy atom. The van der Waals surface area contributed by atoms with Gasteiger partial charge in [0.15, 0.2) is 0 Å². The molecule has 1 aromatic rings. The van der Waals surface area contributed by atoms with Crippen molar-refractivity contribution >= 4 is 23.3 Å². The van der Waals surface area contributed by atoms with Gasteiger partial charge < -0.3 is 20.6 Å². The van der Waals surface area contributed by atoms with E-state index in [0.717, 1.165) is 0 Å². The van der Waals surface area contributed by atoms with E-state index in [1.54, 1.807) is 27.1 Å². The molecule has 0 saturated carbocycles. The molecule has 6 heteroatoms. The van der Waals surface area contributed by atoms with Crippen molar-refractivity contribution in [2.75, 3.05) is 37.8 Å². The number of aromatic carboxylic acids is 1. The maximum atomic E-state index is 11.8. The van der Waals surface area contributed by atoms with Crippen molar-refractivity contribution in [2.45, 2.75) is 13.8 Å². The smallest absolute Gasteiger partial charge is 0.337 e. The highest BCUT2D eigenvalue weighted by Crippen LogP contribution is 2.25. The minimum atomic E-state index is -1.07. The molecule has 110 valence electrons. The Kier molecular flexibility index (Phi) is 4.96. The minimum Gasteiger partial charge on any atom is -0.478 e. The van der Waals surface area contributed by atoms with Crippen molar-refractivity contribution < 1.29 is 14.7 Å². The van der Waals surface area contributed by atoms with E-state index in [9.17, 15) is 9.59 Å². The summed E-state index contributed by atoms with van der Waals surface area (Å²) in [5, 5.41) is 9.17. The number of hydrogen-bond acceptors (Lipinski definition) is 4. The van der Waals surface area contributed by atoms with Crippen LogP contribution >= 0.6 is 0 Å². The van der Waals surface area contributed by atoms with Crippen LogP contribution in [0.4, 0.5) is 11.4 Å². The zero-order chi connectivity index (χ0) is 15.4. The third kappa shape index (κ3) is 3.40. The van der Waals surface area contributed by atoms with Gasteiger partial charge >= 0.3 is 5.97 Å². The molecule has 0 atom stereocenters. The van der Waals surface area contributed by atoms with Crippen LogP contribution in [0.1, 0.15) is 22.8 Å². The van der Waals surface area contributed by atoms with Crippen LogP contribution in [0.5, 0.6) is 0 Å². The number of anilines is 2.